The quantitative estimate of drug-likeness (QED) is 0.766. The molecule has 0 saturated carbocycles. The van der Waals surface area contributed by atoms with Crippen LogP contribution in [-0.2, 0) is 22.3 Å². The van der Waals surface area contributed by atoms with Gasteiger partial charge in [-0.25, -0.2) is 4.79 Å². The number of esters is 1. The molecule has 0 radical (unpaired) electrons. The van der Waals surface area contributed by atoms with Crippen molar-refractivity contribution in [3.05, 3.63) is 71.3 Å². The zero-order valence-electron chi connectivity index (χ0n) is 14.9. The minimum Gasteiger partial charge on any atom is -0.459 e. The van der Waals surface area contributed by atoms with Gasteiger partial charge in [-0.1, -0.05) is 50.2 Å². The third-order valence-corrected chi connectivity index (χ3v) is 3.94. The van der Waals surface area contributed by atoms with E-state index in [4.69, 9.17) is 4.74 Å². The van der Waals surface area contributed by atoms with Gasteiger partial charge >= 0.3 is 12.1 Å². The molecule has 0 spiro atoms. The van der Waals surface area contributed by atoms with E-state index in [9.17, 15) is 22.8 Å². The van der Waals surface area contributed by atoms with E-state index in [-0.39, 0.29) is 11.5 Å². The van der Waals surface area contributed by atoms with E-state index in [1.165, 1.54) is 18.2 Å². The summed E-state index contributed by atoms with van der Waals surface area (Å²) >= 11 is 0. The second kappa shape index (κ2) is 8.70. The Hall–Kier alpha value is -2.83. The summed E-state index contributed by atoms with van der Waals surface area (Å²) in [6.45, 7) is 2.89. The first-order valence-corrected chi connectivity index (χ1v) is 8.37. The van der Waals surface area contributed by atoms with E-state index in [1.807, 2.05) is 0 Å². The Morgan fingerprint density at radius 1 is 1.00 bits per heavy atom. The second-order valence-electron chi connectivity index (χ2n) is 6.32. The number of nitrogens with one attached hydrogen (secondary N) is 1. The highest BCUT2D eigenvalue weighted by atomic mass is 19.4. The number of hydrogen-bond donors (Lipinski definition) is 1. The summed E-state index contributed by atoms with van der Waals surface area (Å²) < 4.78 is 44.1. The normalized spacial score (nSPS) is 12.5. The highest BCUT2D eigenvalue weighted by Crippen LogP contribution is 2.32. The number of alkyl halides is 3. The van der Waals surface area contributed by atoms with Crippen LogP contribution < -0.4 is 5.32 Å². The molecule has 1 atom stereocenters. The number of ether oxygens (including phenoxy) is 1. The number of benzene rings is 2. The lowest BCUT2D eigenvalue weighted by atomic mass is 10.0. The highest BCUT2D eigenvalue weighted by molar-refractivity contribution is 5.96. The second-order valence-corrected chi connectivity index (χ2v) is 6.32. The van der Waals surface area contributed by atoms with Crippen LogP contribution >= 0.6 is 0 Å². The number of amides is 1. The number of carbonyl (C=O) groups is 2. The van der Waals surface area contributed by atoms with Crippen LogP contribution in [0.1, 0.15) is 35.3 Å². The number of halogens is 3. The Labute approximate surface area is 155 Å². The Balaban J connectivity index is 2.07. The van der Waals surface area contributed by atoms with E-state index >= 15 is 0 Å². The summed E-state index contributed by atoms with van der Waals surface area (Å²) in [6.07, 6.45) is -4.54. The predicted octanol–water partition coefficient (Wildman–Crippen LogP) is 4.20. The fourth-order valence-corrected chi connectivity index (χ4v) is 2.47. The minimum atomic E-state index is -4.54. The molecule has 0 aliphatic carbocycles. The molecular formula is C20H20F3NO3. The van der Waals surface area contributed by atoms with Crippen LogP contribution in [0, 0.1) is 5.92 Å². The average molecular weight is 379 g/mol. The summed E-state index contributed by atoms with van der Waals surface area (Å²) in [6, 6.07) is 12.2. The van der Waals surface area contributed by atoms with Gasteiger partial charge in [-0.15, -0.1) is 0 Å². The largest absolute Gasteiger partial charge is 0.459 e. The van der Waals surface area contributed by atoms with Gasteiger partial charge in [0.1, 0.15) is 12.6 Å². The van der Waals surface area contributed by atoms with Crippen LogP contribution in [0.3, 0.4) is 0 Å². The molecule has 0 aromatic heterocycles. The van der Waals surface area contributed by atoms with Gasteiger partial charge in [-0.3, -0.25) is 4.79 Å². The molecule has 0 fully saturated rings. The smallest absolute Gasteiger partial charge is 0.416 e. The van der Waals surface area contributed by atoms with E-state index in [1.54, 1.807) is 44.2 Å². The lowest BCUT2D eigenvalue weighted by Gasteiger charge is -2.21. The molecule has 4 nitrogen and oxygen atoms in total. The Morgan fingerprint density at radius 3 is 2.19 bits per heavy atom. The van der Waals surface area contributed by atoms with Crippen LogP contribution in [0.5, 0.6) is 0 Å². The van der Waals surface area contributed by atoms with Crippen molar-refractivity contribution < 1.29 is 27.5 Å². The third kappa shape index (κ3) is 5.57. The summed E-state index contributed by atoms with van der Waals surface area (Å²) in [4.78, 5) is 24.6. The lowest BCUT2D eigenvalue weighted by Crippen LogP contribution is -2.45. The molecule has 2 aromatic carbocycles. The molecular weight excluding hydrogens is 359 g/mol. The lowest BCUT2D eigenvalue weighted by molar-refractivity contribution is -0.150. The first-order valence-electron chi connectivity index (χ1n) is 8.37. The van der Waals surface area contributed by atoms with Crippen molar-refractivity contribution in [2.75, 3.05) is 0 Å². The standard InChI is InChI=1S/C20H20F3NO3/c1-13(2)17(24-18(25)14-8-4-3-5-9-14)19(26)27-12-15-10-6-7-11-16(15)20(21,22)23/h3-11,13,17H,12H2,1-2H3,(H,24,25). The molecule has 0 aliphatic heterocycles. The topological polar surface area (TPSA) is 55.4 Å². The van der Waals surface area contributed by atoms with Crippen molar-refractivity contribution in [3.63, 3.8) is 0 Å². The molecule has 1 N–H and O–H groups in total. The Morgan fingerprint density at radius 2 is 1.59 bits per heavy atom. The zero-order valence-corrected chi connectivity index (χ0v) is 14.9. The summed E-state index contributed by atoms with van der Waals surface area (Å²) in [5.74, 6) is -1.55. The number of rotatable bonds is 6. The summed E-state index contributed by atoms with van der Waals surface area (Å²) in [7, 11) is 0. The van der Waals surface area contributed by atoms with E-state index < -0.39 is 36.3 Å². The number of carbonyl (C=O) groups excluding carboxylic acids is 2. The van der Waals surface area contributed by atoms with Crippen LogP contribution in [0.4, 0.5) is 13.2 Å². The third-order valence-electron chi connectivity index (χ3n) is 3.94. The van der Waals surface area contributed by atoms with Gasteiger partial charge in [0.15, 0.2) is 0 Å². The van der Waals surface area contributed by atoms with Gasteiger partial charge in [0.2, 0.25) is 0 Å². The molecule has 0 saturated heterocycles. The molecule has 1 unspecified atom stereocenters. The minimum absolute atomic E-state index is 0.143. The fraction of sp³-hybridized carbons (Fsp3) is 0.300. The highest BCUT2D eigenvalue weighted by Gasteiger charge is 2.33. The van der Waals surface area contributed by atoms with Crippen molar-refractivity contribution in [2.45, 2.75) is 32.7 Å². The van der Waals surface area contributed by atoms with Gasteiger partial charge in [0.05, 0.1) is 5.56 Å². The van der Waals surface area contributed by atoms with E-state index in [0.29, 0.717) is 5.56 Å². The van der Waals surface area contributed by atoms with Crippen LogP contribution in [-0.4, -0.2) is 17.9 Å². The molecule has 7 heteroatoms. The fourth-order valence-electron chi connectivity index (χ4n) is 2.47. The molecule has 2 rings (SSSR count). The van der Waals surface area contributed by atoms with Gasteiger partial charge < -0.3 is 10.1 Å². The maximum atomic E-state index is 13.0. The monoisotopic (exact) mass is 379 g/mol. The Kier molecular flexibility index (Phi) is 6.60. The molecule has 2 aromatic rings. The van der Waals surface area contributed by atoms with Crippen LogP contribution in [0.2, 0.25) is 0 Å². The van der Waals surface area contributed by atoms with Crippen LogP contribution in [0.15, 0.2) is 54.6 Å². The van der Waals surface area contributed by atoms with Crippen molar-refractivity contribution in [1.29, 1.82) is 0 Å². The molecule has 0 heterocycles. The van der Waals surface area contributed by atoms with Gasteiger partial charge in [0.25, 0.3) is 5.91 Å². The van der Waals surface area contributed by atoms with Gasteiger partial charge in [-0.05, 0) is 24.1 Å². The first kappa shape index (κ1) is 20.5. The molecule has 1 amide bonds. The van der Waals surface area contributed by atoms with Crippen molar-refractivity contribution in [2.24, 2.45) is 5.92 Å². The van der Waals surface area contributed by atoms with Gasteiger partial charge in [-0.2, -0.15) is 13.2 Å². The zero-order chi connectivity index (χ0) is 20.0. The maximum absolute atomic E-state index is 13.0. The van der Waals surface area contributed by atoms with E-state index in [0.717, 1.165) is 6.07 Å². The molecule has 27 heavy (non-hydrogen) atoms. The molecule has 144 valence electrons. The molecule has 0 bridgehead atoms. The van der Waals surface area contributed by atoms with Crippen molar-refractivity contribution in [1.82, 2.24) is 5.32 Å². The SMILES string of the molecule is CC(C)C(NC(=O)c1ccccc1)C(=O)OCc1ccccc1C(F)(F)F. The first-order chi connectivity index (χ1) is 12.7. The summed E-state index contributed by atoms with van der Waals surface area (Å²) in [5.41, 5.74) is -0.624. The maximum Gasteiger partial charge on any atom is 0.416 e. The van der Waals surface area contributed by atoms with Gasteiger partial charge in [0, 0.05) is 11.1 Å². The Bertz CT molecular complexity index is 789. The average Bonchev–Trinajstić information content (AvgIpc) is 2.64. The molecule has 0 aliphatic rings. The number of hydrogen-bond acceptors (Lipinski definition) is 3. The van der Waals surface area contributed by atoms with Crippen LogP contribution in [0.25, 0.3) is 0 Å². The van der Waals surface area contributed by atoms with E-state index in [2.05, 4.69) is 5.32 Å². The van der Waals surface area contributed by atoms with Crippen molar-refractivity contribution in [3.8, 4) is 0 Å². The van der Waals surface area contributed by atoms with Crippen molar-refractivity contribution >= 4 is 11.9 Å². The predicted molar refractivity (Wildman–Crippen MR) is 93.8 cm³/mol. The summed E-state index contributed by atoms with van der Waals surface area (Å²) in [5, 5.41) is 2.58.